The lowest BCUT2D eigenvalue weighted by molar-refractivity contribution is -0.143. The summed E-state index contributed by atoms with van der Waals surface area (Å²) in [6.07, 6.45) is -17.3. The molecule has 2 N–H and O–H groups in total. The summed E-state index contributed by atoms with van der Waals surface area (Å²) in [5.41, 5.74) is -5.23. The molecule has 2 atom stereocenters. The van der Waals surface area contributed by atoms with Crippen molar-refractivity contribution in [1.29, 1.82) is 0 Å². The topological polar surface area (TPSA) is 78.9 Å². The van der Waals surface area contributed by atoms with Crippen molar-refractivity contribution in [2.75, 3.05) is 12.4 Å². The number of carbonyl (C=O) groups excluding carboxylic acids is 1. The molecule has 2 aromatic carbocycles. The number of nitrogens with one attached hydrogen (secondary N) is 1. The highest BCUT2D eigenvalue weighted by molar-refractivity contribution is 5.72. The van der Waals surface area contributed by atoms with Crippen LogP contribution in [0.1, 0.15) is 46.7 Å². The molecule has 38 heavy (non-hydrogen) atoms. The van der Waals surface area contributed by atoms with Crippen molar-refractivity contribution in [2.24, 2.45) is 0 Å². The van der Waals surface area contributed by atoms with E-state index in [0.717, 1.165) is 13.2 Å². The number of alkyl halides is 9. The van der Waals surface area contributed by atoms with Crippen LogP contribution in [-0.2, 0) is 34.6 Å². The first-order valence-electron chi connectivity index (χ1n) is 10.7. The van der Waals surface area contributed by atoms with Crippen molar-refractivity contribution >= 4 is 17.7 Å². The summed E-state index contributed by atoms with van der Waals surface area (Å²) < 4.78 is 125. The number of hydrogen-bond donors (Lipinski definition) is 2. The van der Waals surface area contributed by atoms with Crippen LogP contribution in [-0.4, -0.2) is 35.2 Å². The second-order valence-corrected chi connectivity index (χ2v) is 8.50. The zero-order valence-corrected chi connectivity index (χ0v) is 19.3. The number of rotatable bonds is 5. The van der Waals surface area contributed by atoms with Crippen LogP contribution in [0.2, 0.25) is 0 Å². The summed E-state index contributed by atoms with van der Waals surface area (Å²) in [5, 5.41) is 11.9. The molecule has 15 heteroatoms. The normalized spacial score (nSPS) is 17.8. The number of halogens is 9. The first-order valence-corrected chi connectivity index (χ1v) is 10.7. The zero-order valence-electron chi connectivity index (χ0n) is 19.3. The van der Waals surface area contributed by atoms with E-state index in [1.54, 1.807) is 0 Å². The number of benzene rings is 2. The standard InChI is InChI=1S/C23H19F9N2O4/c1-38-20(37)34(10-11-4-13(22(27,28)29)6-14(5-11)23(30,31)32)18-8-15(9-19(35)36)33-17-3-2-12(7-16(17)18)21(24,25)26/h2-7,15,18,33H,8-10H2,1H3,(H,35,36). The van der Waals surface area contributed by atoms with Gasteiger partial charge in [-0.05, 0) is 53.9 Å². The van der Waals surface area contributed by atoms with Gasteiger partial charge in [0.1, 0.15) is 0 Å². The Hall–Kier alpha value is -3.65. The fraction of sp³-hybridized carbons (Fsp3) is 0.391. The van der Waals surface area contributed by atoms with E-state index in [4.69, 9.17) is 0 Å². The lowest BCUT2D eigenvalue weighted by atomic mass is 9.88. The van der Waals surface area contributed by atoms with Crippen molar-refractivity contribution in [3.05, 3.63) is 64.2 Å². The second-order valence-electron chi connectivity index (χ2n) is 8.50. The zero-order chi connectivity index (χ0) is 28.6. The Kier molecular flexibility index (Phi) is 7.80. The predicted molar refractivity (Wildman–Crippen MR) is 113 cm³/mol. The van der Waals surface area contributed by atoms with Gasteiger partial charge in [-0.25, -0.2) is 4.79 Å². The van der Waals surface area contributed by atoms with Crippen LogP contribution in [0.5, 0.6) is 0 Å². The van der Waals surface area contributed by atoms with Gasteiger partial charge in [-0.1, -0.05) is 0 Å². The van der Waals surface area contributed by atoms with Gasteiger partial charge in [-0.3, -0.25) is 9.69 Å². The summed E-state index contributed by atoms with van der Waals surface area (Å²) in [5.74, 6) is -1.30. The highest BCUT2D eigenvalue weighted by atomic mass is 19.4. The predicted octanol–water partition coefficient (Wildman–Crippen LogP) is 6.71. The number of amides is 1. The van der Waals surface area contributed by atoms with Crippen molar-refractivity contribution in [2.45, 2.75) is 50.0 Å². The van der Waals surface area contributed by atoms with Crippen molar-refractivity contribution < 1.29 is 58.9 Å². The molecule has 1 amide bonds. The van der Waals surface area contributed by atoms with E-state index in [2.05, 4.69) is 10.1 Å². The van der Waals surface area contributed by atoms with Gasteiger partial charge in [0.15, 0.2) is 0 Å². The third kappa shape index (κ3) is 6.61. The Morgan fingerprint density at radius 1 is 0.921 bits per heavy atom. The first kappa shape index (κ1) is 28.9. The molecule has 2 aromatic rings. The molecule has 0 spiro atoms. The maximum absolute atomic E-state index is 13.4. The molecule has 0 bridgehead atoms. The van der Waals surface area contributed by atoms with Crippen molar-refractivity contribution in [3.63, 3.8) is 0 Å². The SMILES string of the molecule is COC(=O)N(Cc1cc(C(F)(F)F)cc(C(F)(F)F)c1)C1CC(CC(=O)O)Nc2ccc(C(F)(F)F)cc21. The minimum atomic E-state index is -5.18. The van der Waals surface area contributed by atoms with Gasteiger partial charge < -0.3 is 15.2 Å². The number of ether oxygens (including phenoxy) is 1. The maximum atomic E-state index is 13.4. The molecule has 0 saturated carbocycles. The lowest BCUT2D eigenvalue weighted by Crippen LogP contribution is -2.41. The van der Waals surface area contributed by atoms with E-state index in [1.807, 2.05) is 0 Å². The average molecular weight is 558 g/mol. The van der Waals surface area contributed by atoms with Crippen LogP contribution in [0.15, 0.2) is 36.4 Å². The average Bonchev–Trinajstić information content (AvgIpc) is 2.79. The summed E-state index contributed by atoms with van der Waals surface area (Å²) in [6.45, 7) is -0.917. The molecule has 1 heterocycles. The number of fused-ring (bicyclic) bond motifs is 1. The molecule has 0 radical (unpaired) electrons. The number of carboxylic acid groups (broad SMARTS) is 1. The Morgan fingerprint density at radius 3 is 1.95 bits per heavy atom. The van der Waals surface area contributed by atoms with E-state index in [1.165, 1.54) is 0 Å². The van der Waals surface area contributed by atoms with Crippen LogP contribution < -0.4 is 5.32 Å². The van der Waals surface area contributed by atoms with Crippen LogP contribution >= 0.6 is 0 Å². The minimum absolute atomic E-state index is 0.00873. The fourth-order valence-electron chi connectivity index (χ4n) is 4.19. The van der Waals surface area contributed by atoms with Crippen LogP contribution in [0.3, 0.4) is 0 Å². The third-order valence-corrected chi connectivity index (χ3v) is 5.81. The van der Waals surface area contributed by atoms with Crippen LogP contribution in [0, 0.1) is 0 Å². The van der Waals surface area contributed by atoms with E-state index in [-0.39, 0.29) is 23.7 Å². The van der Waals surface area contributed by atoms with Gasteiger partial charge >= 0.3 is 30.6 Å². The Balaban J connectivity index is 2.15. The second kappa shape index (κ2) is 10.3. The van der Waals surface area contributed by atoms with E-state index < -0.39 is 77.9 Å². The molecule has 0 saturated heterocycles. The number of methoxy groups -OCH3 is 1. The Morgan fingerprint density at radius 2 is 1.47 bits per heavy atom. The maximum Gasteiger partial charge on any atom is 0.416 e. The van der Waals surface area contributed by atoms with Gasteiger partial charge in [0.25, 0.3) is 0 Å². The molecule has 208 valence electrons. The molecule has 1 aliphatic heterocycles. The van der Waals surface area contributed by atoms with Crippen molar-refractivity contribution in [3.8, 4) is 0 Å². The van der Waals surface area contributed by atoms with E-state index in [0.29, 0.717) is 29.2 Å². The molecule has 0 aliphatic carbocycles. The summed E-state index contributed by atoms with van der Waals surface area (Å²) >= 11 is 0. The Bertz CT molecular complexity index is 1180. The number of carboxylic acids is 1. The molecule has 0 fully saturated rings. The Labute approximate surface area is 209 Å². The quantitative estimate of drug-likeness (QED) is 0.399. The summed E-state index contributed by atoms with van der Waals surface area (Å²) in [4.78, 5) is 24.6. The van der Waals surface area contributed by atoms with Crippen LogP contribution in [0.25, 0.3) is 0 Å². The van der Waals surface area contributed by atoms with Gasteiger partial charge in [-0.2, -0.15) is 39.5 Å². The monoisotopic (exact) mass is 558 g/mol. The van der Waals surface area contributed by atoms with E-state index in [9.17, 15) is 54.2 Å². The summed E-state index contributed by atoms with van der Waals surface area (Å²) in [6, 6.07) is 0.701. The molecule has 3 rings (SSSR count). The number of carbonyl (C=O) groups is 2. The number of hydrogen-bond acceptors (Lipinski definition) is 4. The highest BCUT2D eigenvalue weighted by Gasteiger charge is 2.40. The molecule has 6 nitrogen and oxygen atoms in total. The fourth-order valence-corrected chi connectivity index (χ4v) is 4.19. The third-order valence-electron chi connectivity index (χ3n) is 5.81. The molecule has 1 aliphatic rings. The first-order chi connectivity index (χ1) is 17.4. The molecule has 2 unspecified atom stereocenters. The van der Waals surface area contributed by atoms with Crippen molar-refractivity contribution in [1.82, 2.24) is 4.90 Å². The van der Waals surface area contributed by atoms with Gasteiger partial charge in [0, 0.05) is 18.3 Å². The lowest BCUT2D eigenvalue weighted by Gasteiger charge is -2.39. The van der Waals surface area contributed by atoms with E-state index >= 15 is 0 Å². The molecular formula is C23H19F9N2O4. The highest BCUT2D eigenvalue weighted by Crippen LogP contribution is 2.43. The van der Waals surface area contributed by atoms with Crippen LogP contribution in [0.4, 0.5) is 50.0 Å². The largest absolute Gasteiger partial charge is 0.481 e. The molecular weight excluding hydrogens is 539 g/mol. The van der Waals surface area contributed by atoms with Gasteiger partial charge in [0.2, 0.25) is 0 Å². The number of nitrogens with zero attached hydrogens (tertiary/aromatic N) is 1. The van der Waals surface area contributed by atoms with Gasteiger partial charge in [0.05, 0.1) is 36.3 Å². The number of aliphatic carboxylic acids is 1. The number of anilines is 1. The minimum Gasteiger partial charge on any atom is -0.481 e. The molecule has 0 aromatic heterocycles. The van der Waals surface area contributed by atoms with Gasteiger partial charge in [-0.15, -0.1) is 0 Å². The smallest absolute Gasteiger partial charge is 0.416 e. The summed E-state index contributed by atoms with van der Waals surface area (Å²) in [7, 11) is 0.867.